The molecule has 132 valence electrons. The normalized spacial score (nSPS) is 15.4. The lowest BCUT2D eigenvalue weighted by Crippen LogP contribution is -2.48. The van der Waals surface area contributed by atoms with Gasteiger partial charge in [0.2, 0.25) is 0 Å². The Balaban J connectivity index is 1.61. The Hall–Kier alpha value is -2.74. The van der Waals surface area contributed by atoms with Crippen LogP contribution in [0, 0.1) is 5.82 Å². The third kappa shape index (κ3) is 3.85. The van der Waals surface area contributed by atoms with Crippen LogP contribution in [0.3, 0.4) is 0 Å². The molecule has 3 rings (SSSR count). The summed E-state index contributed by atoms with van der Waals surface area (Å²) in [6.07, 6.45) is 1.33. The molecule has 1 N–H and O–H groups in total. The molecule has 1 saturated heterocycles. The van der Waals surface area contributed by atoms with Crippen molar-refractivity contribution in [2.45, 2.75) is 6.54 Å². The summed E-state index contributed by atoms with van der Waals surface area (Å²) < 4.78 is 14.3. The number of carboxylic acid groups (broad SMARTS) is 1. The second-order valence-electron chi connectivity index (χ2n) is 6.07. The van der Waals surface area contributed by atoms with Crippen molar-refractivity contribution in [3.05, 3.63) is 53.1 Å². The van der Waals surface area contributed by atoms with Gasteiger partial charge >= 0.3 is 5.97 Å². The fourth-order valence-corrected chi connectivity index (χ4v) is 2.91. The number of benzene rings is 1. The fourth-order valence-electron chi connectivity index (χ4n) is 2.91. The van der Waals surface area contributed by atoms with Gasteiger partial charge in [0.25, 0.3) is 5.91 Å². The zero-order chi connectivity index (χ0) is 18.0. The van der Waals surface area contributed by atoms with Crippen LogP contribution >= 0.6 is 0 Å². The van der Waals surface area contributed by atoms with Crippen LogP contribution in [0.25, 0.3) is 0 Å². The minimum atomic E-state index is -1.16. The van der Waals surface area contributed by atoms with E-state index < -0.39 is 5.97 Å². The molecular formula is C17H19FN4O3. The number of amides is 1. The Labute approximate surface area is 144 Å². The highest BCUT2D eigenvalue weighted by Crippen LogP contribution is 2.14. The van der Waals surface area contributed by atoms with E-state index in [0.717, 1.165) is 5.56 Å². The minimum Gasteiger partial charge on any atom is -0.478 e. The quantitative estimate of drug-likeness (QED) is 0.900. The molecule has 7 nitrogen and oxygen atoms in total. The van der Waals surface area contributed by atoms with Crippen molar-refractivity contribution in [1.82, 2.24) is 19.6 Å². The second kappa shape index (κ2) is 7.02. The van der Waals surface area contributed by atoms with Crippen LogP contribution in [-0.2, 0) is 13.6 Å². The Morgan fingerprint density at radius 3 is 2.40 bits per heavy atom. The second-order valence-corrected chi connectivity index (χ2v) is 6.07. The van der Waals surface area contributed by atoms with Crippen molar-refractivity contribution in [1.29, 1.82) is 0 Å². The highest BCUT2D eigenvalue weighted by atomic mass is 19.1. The third-order valence-corrected chi connectivity index (χ3v) is 4.24. The fraction of sp³-hybridized carbons (Fsp3) is 0.353. The van der Waals surface area contributed by atoms with Crippen LogP contribution < -0.4 is 0 Å². The summed E-state index contributed by atoms with van der Waals surface area (Å²) >= 11 is 0. The maximum absolute atomic E-state index is 13.0. The molecule has 0 aliphatic carbocycles. The monoisotopic (exact) mass is 346 g/mol. The van der Waals surface area contributed by atoms with Gasteiger partial charge in [0.15, 0.2) is 5.69 Å². The number of halogens is 1. The van der Waals surface area contributed by atoms with E-state index in [0.29, 0.717) is 32.7 Å². The number of nitrogens with zero attached hydrogens (tertiary/aromatic N) is 4. The molecule has 8 heteroatoms. The molecule has 1 aromatic heterocycles. The van der Waals surface area contributed by atoms with Crippen LogP contribution in [0.4, 0.5) is 4.39 Å². The number of carbonyl (C=O) groups excluding carboxylic acids is 1. The van der Waals surface area contributed by atoms with Crippen molar-refractivity contribution in [3.63, 3.8) is 0 Å². The average Bonchev–Trinajstić information content (AvgIpc) is 2.99. The van der Waals surface area contributed by atoms with Gasteiger partial charge < -0.3 is 10.0 Å². The predicted octanol–water partition coefficient (Wildman–Crippen LogP) is 1.22. The molecule has 1 amide bonds. The van der Waals surface area contributed by atoms with Crippen LogP contribution in [0.15, 0.2) is 30.5 Å². The number of aromatic nitrogens is 2. The van der Waals surface area contributed by atoms with E-state index in [4.69, 9.17) is 0 Å². The molecule has 0 saturated carbocycles. The van der Waals surface area contributed by atoms with E-state index in [1.165, 1.54) is 23.0 Å². The number of hydrogen-bond acceptors (Lipinski definition) is 4. The molecule has 1 aliphatic rings. The van der Waals surface area contributed by atoms with Crippen LogP contribution in [0.1, 0.15) is 26.4 Å². The van der Waals surface area contributed by atoms with Crippen molar-refractivity contribution < 1.29 is 19.1 Å². The lowest BCUT2D eigenvalue weighted by Gasteiger charge is -2.34. The highest BCUT2D eigenvalue weighted by Gasteiger charge is 2.28. The highest BCUT2D eigenvalue weighted by molar-refractivity contribution is 6.03. The summed E-state index contributed by atoms with van der Waals surface area (Å²) in [5.74, 6) is -1.78. The van der Waals surface area contributed by atoms with Gasteiger partial charge in [-0.1, -0.05) is 12.1 Å². The lowest BCUT2D eigenvalue weighted by molar-refractivity contribution is 0.0604. The minimum absolute atomic E-state index is 0.0259. The molecule has 1 fully saturated rings. The summed E-state index contributed by atoms with van der Waals surface area (Å²) in [6, 6.07) is 6.37. The van der Waals surface area contributed by atoms with Crippen LogP contribution in [0.5, 0.6) is 0 Å². The number of carbonyl (C=O) groups is 2. The Kier molecular flexibility index (Phi) is 4.80. The molecule has 25 heavy (non-hydrogen) atoms. The summed E-state index contributed by atoms with van der Waals surface area (Å²) in [4.78, 5) is 27.6. The maximum atomic E-state index is 13.0. The van der Waals surface area contributed by atoms with Gasteiger partial charge in [-0.15, -0.1) is 0 Å². The van der Waals surface area contributed by atoms with Gasteiger partial charge in [-0.3, -0.25) is 14.4 Å². The van der Waals surface area contributed by atoms with E-state index in [9.17, 15) is 19.1 Å². The summed E-state index contributed by atoms with van der Waals surface area (Å²) in [5, 5.41) is 13.2. The number of aryl methyl sites for hydroxylation is 1. The number of rotatable bonds is 4. The standard InChI is InChI=1S/C17H19FN4O3/c1-20-11-14(17(24)25)15(19-20)16(23)22-8-6-21(7-9-22)10-12-2-4-13(18)5-3-12/h2-5,11H,6-10H2,1H3,(H,24,25). The number of hydrogen-bond donors (Lipinski definition) is 1. The average molecular weight is 346 g/mol. The van der Waals surface area contributed by atoms with E-state index >= 15 is 0 Å². The third-order valence-electron chi connectivity index (χ3n) is 4.24. The predicted molar refractivity (Wildman–Crippen MR) is 87.7 cm³/mol. The van der Waals surface area contributed by atoms with Crippen molar-refractivity contribution in [2.24, 2.45) is 7.05 Å². The van der Waals surface area contributed by atoms with Crippen LogP contribution in [0.2, 0.25) is 0 Å². The molecule has 1 aromatic carbocycles. The maximum Gasteiger partial charge on any atom is 0.339 e. The molecule has 0 unspecified atom stereocenters. The van der Waals surface area contributed by atoms with Crippen molar-refractivity contribution >= 4 is 11.9 Å². The Morgan fingerprint density at radius 1 is 1.16 bits per heavy atom. The summed E-state index contributed by atoms with van der Waals surface area (Å²) in [7, 11) is 1.59. The van der Waals surface area contributed by atoms with E-state index in [1.807, 2.05) is 0 Å². The van der Waals surface area contributed by atoms with Gasteiger partial charge in [0, 0.05) is 46.0 Å². The Morgan fingerprint density at radius 2 is 1.80 bits per heavy atom. The van der Waals surface area contributed by atoms with Crippen molar-refractivity contribution in [2.75, 3.05) is 26.2 Å². The molecule has 2 aromatic rings. The van der Waals surface area contributed by atoms with Gasteiger partial charge in [-0.25, -0.2) is 9.18 Å². The molecule has 0 radical (unpaired) electrons. The molecule has 2 heterocycles. The molecule has 0 spiro atoms. The van der Waals surface area contributed by atoms with Gasteiger partial charge in [0.1, 0.15) is 11.4 Å². The number of aromatic carboxylic acids is 1. The lowest BCUT2D eigenvalue weighted by atomic mass is 10.1. The summed E-state index contributed by atoms with van der Waals surface area (Å²) in [5.41, 5.74) is 0.905. The van der Waals surface area contributed by atoms with E-state index in [2.05, 4.69) is 10.00 Å². The number of piperazine rings is 1. The van der Waals surface area contributed by atoms with Gasteiger partial charge in [-0.2, -0.15) is 5.10 Å². The molecule has 1 aliphatic heterocycles. The first-order valence-electron chi connectivity index (χ1n) is 7.97. The first-order chi connectivity index (χ1) is 11.9. The van der Waals surface area contributed by atoms with Crippen molar-refractivity contribution in [3.8, 4) is 0 Å². The molecule has 0 bridgehead atoms. The van der Waals surface area contributed by atoms with E-state index in [1.54, 1.807) is 24.1 Å². The first kappa shape index (κ1) is 17.1. The smallest absolute Gasteiger partial charge is 0.339 e. The van der Waals surface area contributed by atoms with E-state index in [-0.39, 0.29) is 23.0 Å². The largest absolute Gasteiger partial charge is 0.478 e. The van der Waals surface area contributed by atoms with Gasteiger partial charge in [0.05, 0.1) is 0 Å². The zero-order valence-corrected chi connectivity index (χ0v) is 13.9. The zero-order valence-electron chi connectivity index (χ0n) is 13.9. The number of carboxylic acids is 1. The SMILES string of the molecule is Cn1cc(C(=O)O)c(C(=O)N2CCN(Cc3ccc(F)cc3)CC2)n1. The topological polar surface area (TPSA) is 78.7 Å². The molecule has 0 atom stereocenters. The molecular weight excluding hydrogens is 327 g/mol. The van der Waals surface area contributed by atoms with Crippen LogP contribution in [-0.4, -0.2) is 62.7 Å². The summed E-state index contributed by atoms with van der Waals surface area (Å²) in [6.45, 7) is 3.01. The Bertz CT molecular complexity index is 780. The van der Waals surface area contributed by atoms with Gasteiger partial charge in [-0.05, 0) is 17.7 Å². The first-order valence-corrected chi connectivity index (χ1v) is 7.97.